The van der Waals surface area contributed by atoms with Gasteiger partial charge in [0.05, 0.1) is 12.7 Å². The fourth-order valence-electron chi connectivity index (χ4n) is 4.96. The van der Waals surface area contributed by atoms with E-state index in [1.54, 1.807) is 24.3 Å². The van der Waals surface area contributed by atoms with Gasteiger partial charge in [-0.05, 0) is 102 Å². The maximum absolute atomic E-state index is 13.3. The first-order chi connectivity index (χ1) is 19.2. The number of aromatic hydroxyl groups is 1. The summed E-state index contributed by atoms with van der Waals surface area (Å²) >= 11 is 6.12. The van der Waals surface area contributed by atoms with Crippen LogP contribution in [-0.4, -0.2) is 18.1 Å². The molecule has 4 aromatic carbocycles. The van der Waals surface area contributed by atoms with Crippen LogP contribution in [-0.2, 0) is 26.5 Å². The second kappa shape index (κ2) is 12.2. The van der Waals surface area contributed by atoms with E-state index in [1.807, 2.05) is 56.3 Å². The van der Waals surface area contributed by atoms with Gasteiger partial charge in [0.25, 0.3) is 0 Å². The number of hydrogen-bond acceptors (Lipinski definition) is 5. The SMILES string of the molecule is Cc1cc(OCP2(=O)OCC[C@@H](c3cccc(Cl)c3)O2)cc(C)c1Cc1ccc(O)c(Cc2ccc(F)cc2)c1. The highest BCUT2D eigenvalue weighted by atomic mass is 35.5. The molecule has 0 aromatic heterocycles. The molecule has 0 saturated carbocycles. The van der Waals surface area contributed by atoms with Gasteiger partial charge in [-0.2, -0.15) is 0 Å². The van der Waals surface area contributed by atoms with E-state index in [9.17, 15) is 14.1 Å². The molecule has 0 amide bonds. The van der Waals surface area contributed by atoms with Crippen molar-refractivity contribution in [3.05, 3.63) is 129 Å². The molecule has 1 fully saturated rings. The van der Waals surface area contributed by atoms with E-state index in [0.29, 0.717) is 36.6 Å². The summed E-state index contributed by atoms with van der Waals surface area (Å²) < 4.78 is 44.0. The van der Waals surface area contributed by atoms with Crippen LogP contribution in [0.15, 0.2) is 78.9 Å². The second-order valence-corrected chi connectivity index (χ2v) is 12.5. The zero-order valence-electron chi connectivity index (χ0n) is 22.4. The predicted molar refractivity (Wildman–Crippen MR) is 155 cm³/mol. The first kappa shape index (κ1) is 28.4. The van der Waals surface area contributed by atoms with Crippen molar-refractivity contribution in [2.24, 2.45) is 0 Å². The predicted octanol–water partition coefficient (Wildman–Crippen LogP) is 8.69. The van der Waals surface area contributed by atoms with Gasteiger partial charge in [-0.15, -0.1) is 0 Å². The number of phenols is 1. The van der Waals surface area contributed by atoms with E-state index >= 15 is 0 Å². The molecule has 1 heterocycles. The molecule has 5 nitrogen and oxygen atoms in total. The largest absolute Gasteiger partial charge is 0.508 e. The summed E-state index contributed by atoms with van der Waals surface area (Å²) in [6.45, 7) is 4.34. The highest BCUT2D eigenvalue weighted by molar-refractivity contribution is 7.53. The molecule has 0 spiro atoms. The molecule has 40 heavy (non-hydrogen) atoms. The van der Waals surface area contributed by atoms with E-state index in [1.165, 1.54) is 12.1 Å². The maximum Gasteiger partial charge on any atom is 0.368 e. The Bertz CT molecular complexity index is 1530. The minimum absolute atomic E-state index is 0.187. The monoisotopic (exact) mass is 580 g/mol. The summed E-state index contributed by atoms with van der Waals surface area (Å²) in [5, 5.41) is 11.0. The van der Waals surface area contributed by atoms with Crippen LogP contribution in [0.2, 0.25) is 5.02 Å². The Balaban J connectivity index is 1.26. The molecule has 1 unspecified atom stereocenters. The Morgan fingerprint density at radius 1 is 0.975 bits per heavy atom. The molecule has 1 N–H and O–H groups in total. The summed E-state index contributed by atoms with van der Waals surface area (Å²) in [6, 6.07) is 23.1. The van der Waals surface area contributed by atoms with Crippen molar-refractivity contribution >= 4 is 19.2 Å². The molecule has 208 valence electrons. The standard InChI is InChI=1S/C32H31ClFO5P/c1-21-14-29(37-20-40(36)38-13-12-32(39-40)25-4-3-5-27(33)19-25)15-22(2)30(21)18-24-8-11-31(35)26(17-24)16-23-6-9-28(34)10-7-23/h3-11,14-15,17,19,32,35H,12-13,16,18,20H2,1-2H3/t32-,40?/m0/s1. The summed E-state index contributed by atoms with van der Waals surface area (Å²) in [5.74, 6) is 0.520. The van der Waals surface area contributed by atoms with Crippen LogP contribution in [0.4, 0.5) is 4.39 Å². The summed E-state index contributed by atoms with van der Waals surface area (Å²) in [6.07, 6.45) is 1.20. The minimum atomic E-state index is -3.46. The van der Waals surface area contributed by atoms with Crippen molar-refractivity contribution in [2.45, 2.75) is 39.2 Å². The Hall–Kier alpha value is -3.15. The van der Waals surface area contributed by atoms with E-state index in [-0.39, 0.29) is 24.0 Å². The molecule has 0 aliphatic carbocycles. The van der Waals surface area contributed by atoms with Gasteiger partial charge >= 0.3 is 7.60 Å². The van der Waals surface area contributed by atoms with E-state index in [4.69, 9.17) is 25.4 Å². The fourth-order valence-corrected chi connectivity index (χ4v) is 6.66. The van der Waals surface area contributed by atoms with Gasteiger partial charge in [0, 0.05) is 17.9 Å². The van der Waals surface area contributed by atoms with Crippen molar-refractivity contribution in [1.29, 1.82) is 0 Å². The third-order valence-electron chi connectivity index (χ3n) is 7.07. The molecular weight excluding hydrogens is 550 g/mol. The number of halogens is 2. The van der Waals surface area contributed by atoms with Crippen molar-refractivity contribution in [3.63, 3.8) is 0 Å². The number of hydrogen-bond donors (Lipinski definition) is 1. The van der Waals surface area contributed by atoms with E-state index in [0.717, 1.165) is 38.9 Å². The van der Waals surface area contributed by atoms with Gasteiger partial charge in [0.15, 0.2) is 6.35 Å². The van der Waals surface area contributed by atoms with E-state index in [2.05, 4.69) is 0 Å². The van der Waals surface area contributed by atoms with Gasteiger partial charge in [0.1, 0.15) is 17.3 Å². The highest BCUT2D eigenvalue weighted by Crippen LogP contribution is 2.56. The van der Waals surface area contributed by atoms with Crippen LogP contribution in [0.1, 0.15) is 51.5 Å². The topological polar surface area (TPSA) is 65.0 Å². The Kier molecular flexibility index (Phi) is 8.62. The van der Waals surface area contributed by atoms with Gasteiger partial charge in [0.2, 0.25) is 0 Å². The molecule has 0 bridgehead atoms. The lowest BCUT2D eigenvalue weighted by Crippen LogP contribution is -2.17. The van der Waals surface area contributed by atoms with Crippen molar-refractivity contribution in [3.8, 4) is 11.5 Å². The second-order valence-electron chi connectivity index (χ2n) is 10.1. The minimum Gasteiger partial charge on any atom is -0.508 e. The van der Waals surface area contributed by atoms with Crippen LogP contribution in [0, 0.1) is 19.7 Å². The van der Waals surface area contributed by atoms with E-state index < -0.39 is 7.60 Å². The van der Waals surface area contributed by atoms with Crippen LogP contribution in [0.5, 0.6) is 11.5 Å². The van der Waals surface area contributed by atoms with Crippen LogP contribution in [0.3, 0.4) is 0 Å². The average Bonchev–Trinajstić information content (AvgIpc) is 2.93. The zero-order valence-corrected chi connectivity index (χ0v) is 24.1. The third-order valence-corrected chi connectivity index (χ3v) is 8.90. The molecule has 5 rings (SSSR count). The van der Waals surface area contributed by atoms with Gasteiger partial charge in [-0.25, -0.2) is 4.39 Å². The van der Waals surface area contributed by atoms with Gasteiger partial charge in [-0.1, -0.05) is 48.0 Å². The van der Waals surface area contributed by atoms with Crippen LogP contribution in [0.25, 0.3) is 0 Å². The number of aryl methyl sites for hydroxylation is 2. The lowest BCUT2D eigenvalue weighted by atomic mass is 9.93. The van der Waals surface area contributed by atoms with Crippen molar-refractivity contribution in [1.82, 2.24) is 0 Å². The first-order valence-corrected chi connectivity index (χ1v) is 15.2. The smallest absolute Gasteiger partial charge is 0.368 e. The molecule has 2 atom stereocenters. The average molecular weight is 581 g/mol. The first-order valence-electron chi connectivity index (χ1n) is 13.1. The molecule has 1 aliphatic rings. The van der Waals surface area contributed by atoms with Crippen LogP contribution < -0.4 is 4.74 Å². The number of benzene rings is 4. The molecule has 1 saturated heterocycles. The van der Waals surface area contributed by atoms with Crippen molar-refractivity contribution < 1.29 is 27.8 Å². The third kappa shape index (κ3) is 6.94. The normalized spacial score (nSPS) is 18.9. The summed E-state index contributed by atoms with van der Waals surface area (Å²) in [5.41, 5.74) is 6.83. The fraction of sp³-hybridized carbons (Fsp3) is 0.250. The van der Waals surface area contributed by atoms with Gasteiger partial charge in [-0.3, -0.25) is 9.09 Å². The van der Waals surface area contributed by atoms with Crippen LogP contribution >= 0.6 is 19.2 Å². The Morgan fingerprint density at radius 2 is 1.70 bits per heavy atom. The molecule has 8 heteroatoms. The zero-order chi connectivity index (χ0) is 28.3. The summed E-state index contributed by atoms with van der Waals surface area (Å²) in [4.78, 5) is 0. The highest BCUT2D eigenvalue weighted by Gasteiger charge is 2.35. The number of phenolic OH excluding ortho intramolecular Hbond substituents is 1. The molecule has 1 aliphatic heterocycles. The number of ether oxygens (including phenoxy) is 1. The van der Waals surface area contributed by atoms with Gasteiger partial charge < -0.3 is 14.4 Å². The molecule has 0 radical (unpaired) electrons. The summed E-state index contributed by atoms with van der Waals surface area (Å²) in [7, 11) is -3.46. The quantitative estimate of drug-likeness (QED) is 0.211. The molecule has 4 aromatic rings. The molecular formula is C32H31ClFO5P. The Labute approximate surface area is 239 Å². The maximum atomic E-state index is 13.3. The lowest BCUT2D eigenvalue weighted by molar-refractivity contribution is 0.0725. The van der Waals surface area contributed by atoms with Crippen molar-refractivity contribution in [2.75, 3.05) is 13.0 Å². The number of rotatable bonds is 8. The Morgan fingerprint density at radius 3 is 2.42 bits per heavy atom. The lowest BCUT2D eigenvalue weighted by Gasteiger charge is -2.30.